The van der Waals surface area contributed by atoms with Crippen molar-refractivity contribution in [2.75, 3.05) is 31.1 Å². The molecule has 1 saturated heterocycles. The van der Waals surface area contributed by atoms with Crippen LogP contribution in [0.1, 0.15) is 10.4 Å². The van der Waals surface area contributed by atoms with Crippen molar-refractivity contribution in [3.8, 4) is 0 Å². The van der Waals surface area contributed by atoms with E-state index in [0.717, 1.165) is 29.9 Å². The second kappa shape index (κ2) is 5.92. The van der Waals surface area contributed by atoms with Gasteiger partial charge in [-0.15, -0.1) is 0 Å². The molecular weight excluding hydrogens is 310 g/mol. The monoisotopic (exact) mass is 325 g/mol. The van der Waals surface area contributed by atoms with E-state index in [1.54, 1.807) is 6.20 Å². The SMILES string of the molecule is O=C(c1ccc2nsnc2c1)N1CCN(c2ccccn2)CC1. The first-order valence-electron chi connectivity index (χ1n) is 7.49. The number of anilines is 1. The summed E-state index contributed by atoms with van der Waals surface area (Å²) in [5, 5.41) is 0. The van der Waals surface area contributed by atoms with Crippen LogP contribution in [0.5, 0.6) is 0 Å². The molecule has 2 aromatic heterocycles. The van der Waals surface area contributed by atoms with Crippen LogP contribution in [0.4, 0.5) is 5.82 Å². The second-order valence-corrected chi connectivity index (χ2v) is 5.96. The highest BCUT2D eigenvalue weighted by atomic mass is 32.1. The third-order valence-electron chi connectivity index (χ3n) is 4.04. The van der Waals surface area contributed by atoms with Gasteiger partial charge in [-0.1, -0.05) is 6.07 Å². The number of amides is 1. The molecule has 1 aromatic carbocycles. The van der Waals surface area contributed by atoms with Gasteiger partial charge in [0, 0.05) is 37.9 Å². The van der Waals surface area contributed by atoms with Crippen LogP contribution in [-0.2, 0) is 0 Å². The maximum atomic E-state index is 12.7. The van der Waals surface area contributed by atoms with Crippen molar-refractivity contribution in [2.24, 2.45) is 0 Å². The number of rotatable bonds is 2. The molecule has 3 heterocycles. The summed E-state index contributed by atoms with van der Waals surface area (Å²) in [5.74, 6) is 1.02. The van der Waals surface area contributed by atoms with Crippen molar-refractivity contribution in [3.63, 3.8) is 0 Å². The highest BCUT2D eigenvalue weighted by molar-refractivity contribution is 7.00. The Labute approximate surface area is 137 Å². The molecule has 23 heavy (non-hydrogen) atoms. The summed E-state index contributed by atoms with van der Waals surface area (Å²) in [7, 11) is 0. The predicted molar refractivity (Wildman–Crippen MR) is 89.8 cm³/mol. The van der Waals surface area contributed by atoms with Crippen LogP contribution in [0.2, 0.25) is 0 Å². The largest absolute Gasteiger partial charge is 0.353 e. The third kappa shape index (κ3) is 2.75. The van der Waals surface area contributed by atoms with Gasteiger partial charge < -0.3 is 9.80 Å². The second-order valence-electron chi connectivity index (χ2n) is 5.43. The van der Waals surface area contributed by atoms with Gasteiger partial charge in [0.15, 0.2) is 0 Å². The van der Waals surface area contributed by atoms with Crippen LogP contribution in [0.15, 0.2) is 42.6 Å². The lowest BCUT2D eigenvalue weighted by molar-refractivity contribution is 0.0746. The van der Waals surface area contributed by atoms with E-state index in [9.17, 15) is 4.79 Å². The first kappa shape index (κ1) is 14.1. The normalized spacial score (nSPS) is 15.1. The van der Waals surface area contributed by atoms with E-state index in [1.165, 1.54) is 11.7 Å². The molecule has 3 aromatic rings. The van der Waals surface area contributed by atoms with Gasteiger partial charge in [0.1, 0.15) is 16.9 Å². The standard InChI is InChI=1S/C16H15N5OS/c22-16(12-4-5-13-14(11-12)19-23-18-13)21-9-7-20(8-10-21)15-3-1-2-6-17-15/h1-6,11H,7-10H2. The van der Waals surface area contributed by atoms with Crippen LogP contribution in [0.25, 0.3) is 11.0 Å². The van der Waals surface area contributed by atoms with E-state index in [4.69, 9.17) is 0 Å². The van der Waals surface area contributed by atoms with Crippen molar-refractivity contribution in [3.05, 3.63) is 48.2 Å². The molecule has 6 nitrogen and oxygen atoms in total. The van der Waals surface area contributed by atoms with Crippen LogP contribution >= 0.6 is 11.7 Å². The van der Waals surface area contributed by atoms with E-state index >= 15 is 0 Å². The van der Waals surface area contributed by atoms with Gasteiger partial charge in [-0.25, -0.2) is 4.98 Å². The summed E-state index contributed by atoms with van der Waals surface area (Å²) in [6.45, 7) is 2.98. The fraction of sp³-hybridized carbons (Fsp3) is 0.250. The molecule has 7 heteroatoms. The van der Waals surface area contributed by atoms with Crippen molar-refractivity contribution < 1.29 is 4.79 Å². The molecule has 1 aliphatic rings. The minimum Gasteiger partial charge on any atom is -0.353 e. The van der Waals surface area contributed by atoms with E-state index in [0.29, 0.717) is 18.7 Å². The number of carbonyl (C=O) groups excluding carboxylic acids is 1. The lowest BCUT2D eigenvalue weighted by Gasteiger charge is -2.35. The summed E-state index contributed by atoms with van der Waals surface area (Å²) in [6, 6.07) is 11.4. The fourth-order valence-corrected chi connectivity index (χ4v) is 3.29. The molecular formula is C16H15N5OS. The number of carbonyl (C=O) groups is 1. The Morgan fingerprint density at radius 2 is 1.83 bits per heavy atom. The molecule has 4 rings (SSSR count). The van der Waals surface area contributed by atoms with Gasteiger partial charge in [-0.05, 0) is 30.3 Å². The number of hydrogen-bond acceptors (Lipinski definition) is 6. The highest BCUT2D eigenvalue weighted by Crippen LogP contribution is 2.17. The molecule has 0 unspecified atom stereocenters. The average Bonchev–Trinajstić information content (AvgIpc) is 3.10. The zero-order chi connectivity index (χ0) is 15.6. The molecule has 1 aliphatic heterocycles. The zero-order valence-corrected chi connectivity index (χ0v) is 13.2. The molecule has 0 saturated carbocycles. The van der Waals surface area contributed by atoms with Crippen LogP contribution in [0.3, 0.4) is 0 Å². The molecule has 0 radical (unpaired) electrons. The van der Waals surface area contributed by atoms with Crippen molar-refractivity contribution in [1.82, 2.24) is 18.6 Å². The summed E-state index contributed by atoms with van der Waals surface area (Å²) >= 11 is 1.17. The number of pyridine rings is 1. The number of benzene rings is 1. The minimum atomic E-state index is 0.0561. The average molecular weight is 325 g/mol. The van der Waals surface area contributed by atoms with Gasteiger partial charge >= 0.3 is 0 Å². The van der Waals surface area contributed by atoms with E-state index in [2.05, 4.69) is 18.6 Å². The van der Waals surface area contributed by atoms with E-state index in [1.807, 2.05) is 41.3 Å². The number of piperazine rings is 1. The number of aromatic nitrogens is 3. The molecule has 0 aliphatic carbocycles. The molecule has 1 amide bonds. The molecule has 0 bridgehead atoms. The first-order valence-corrected chi connectivity index (χ1v) is 8.22. The highest BCUT2D eigenvalue weighted by Gasteiger charge is 2.23. The smallest absolute Gasteiger partial charge is 0.254 e. The lowest BCUT2D eigenvalue weighted by Crippen LogP contribution is -2.49. The summed E-state index contributed by atoms with van der Waals surface area (Å²) in [6.07, 6.45) is 1.80. The first-order chi connectivity index (χ1) is 11.3. The maximum Gasteiger partial charge on any atom is 0.254 e. The minimum absolute atomic E-state index is 0.0561. The summed E-state index contributed by atoms with van der Waals surface area (Å²) in [4.78, 5) is 21.1. The van der Waals surface area contributed by atoms with E-state index < -0.39 is 0 Å². The number of fused-ring (bicyclic) bond motifs is 1. The van der Waals surface area contributed by atoms with Crippen LogP contribution in [-0.4, -0.2) is 50.7 Å². The van der Waals surface area contributed by atoms with Gasteiger partial charge in [0.05, 0.1) is 11.7 Å². The molecule has 0 N–H and O–H groups in total. The Kier molecular flexibility index (Phi) is 3.63. The molecule has 0 spiro atoms. The molecule has 116 valence electrons. The number of hydrogen-bond donors (Lipinski definition) is 0. The van der Waals surface area contributed by atoms with Crippen LogP contribution < -0.4 is 4.90 Å². The Morgan fingerprint density at radius 1 is 1.00 bits per heavy atom. The van der Waals surface area contributed by atoms with Gasteiger partial charge in [0.25, 0.3) is 5.91 Å². The topological polar surface area (TPSA) is 62.2 Å². The molecule has 0 atom stereocenters. The van der Waals surface area contributed by atoms with Gasteiger partial charge in [-0.2, -0.15) is 8.75 Å². The Bertz CT molecular complexity index is 827. The Balaban J connectivity index is 1.46. The zero-order valence-electron chi connectivity index (χ0n) is 12.4. The van der Waals surface area contributed by atoms with Crippen molar-refractivity contribution >= 4 is 34.5 Å². The predicted octanol–water partition coefficient (Wildman–Crippen LogP) is 2.05. The number of nitrogens with zero attached hydrogens (tertiary/aromatic N) is 5. The third-order valence-corrected chi connectivity index (χ3v) is 4.60. The van der Waals surface area contributed by atoms with Crippen LogP contribution in [0, 0.1) is 0 Å². The summed E-state index contributed by atoms with van der Waals surface area (Å²) in [5.41, 5.74) is 2.30. The Hall–Kier alpha value is -2.54. The van der Waals surface area contributed by atoms with Gasteiger partial charge in [-0.3, -0.25) is 4.79 Å². The quantitative estimate of drug-likeness (QED) is 0.721. The summed E-state index contributed by atoms with van der Waals surface area (Å²) < 4.78 is 8.37. The van der Waals surface area contributed by atoms with Crippen molar-refractivity contribution in [2.45, 2.75) is 0 Å². The maximum absolute atomic E-state index is 12.7. The van der Waals surface area contributed by atoms with E-state index in [-0.39, 0.29) is 5.91 Å². The Morgan fingerprint density at radius 3 is 2.61 bits per heavy atom. The lowest BCUT2D eigenvalue weighted by atomic mass is 10.1. The van der Waals surface area contributed by atoms with Crippen molar-refractivity contribution in [1.29, 1.82) is 0 Å². The van der Waals surface area contributed by atoms with Gasteiger partial charge in [0.2, 0.25) is 0 Å². The molecule has 1 fully saturated rings. The fourth-order valence-electron chi connectivity index (χ4n) is 2.78.